The summed E-state index contributed by atoms with van der Waals surface area (Å²) in [7, 11) is 5.25. The molecule has 3 rings (SSSR count). The van der Waals surface area contributed by atoms with Crippen molar-refractivity contribution < 1.29 is 23.9 Å². The maximum Gasteiger partial charge on any atom is 0.254 e. The standard InChI is InChI=1S/C22H31N5O5/c1-25(2)16-8-6-15(7-9-16)22(31)27-12-11-26(19(28)14-32-3)13-18(27)21(30)24-17-5-4-10-23-20(17)29/h6-9,17-18H,4-5,10-14H2,1-3H3,(H,23,29)(H,24,30)/t17-,18+/m1/s1. The molecule has 0 radical (unpaired) electrons. The summed E-state index contributed by atoms with van der Waals surface area (Å²) in [6, 6.07) is 5.59. The van der Waals surface area contributed by atoms with Gasteiger partial charge in [0.2, 0.25) is 17.7 Å². The minimum absolute atomic E-state index is 0.0455. The zero-order chi connectivity index (χ0) is 23.3. The summed E-state index contributed by atoms with van der Waals surface area (Å²) in [5, 5.41) is 5.51. The van der Waals surface area contributed by atoms with Gasteiger partial charge in [-0.1, -0.05) is 0 Å². The first-order chi connectivity index (χ1) is 15.3. The summed E-state index contributed by atoms with van der Waals surface area (Å²) >= 11 is 0. The van der Waals surface area contributed by atoms with Gasteiger partial charge in [-0.05, 0) is 37.1 Å². The lowest BCUT2D eigenvalue weighted by atomic mass is 10.0. The molecule has 0 spiro atoms. The molecule has 0 aliphatic carbocycles. The highest BCUT2D eigenvalue weighted by Crippen LogP contribution is 2.18. The van der Waals surface area contributed by atoms with Crippen molar-refractivity contribution in [3.05, 3.63) is 29.8 Å². The van der Waals surface area contributed by atoms with E-state index in [1.54, 1.807) is 12.1 Å². The zero-order valence-corrected chi connectivity index (χ0v) is 18.8. The lowest BCUT2D eigenvalue weighted by molar-refractivity contribution is -0.141. The number of carbonyl (C=O) groups is 4. The number of carbonyl (C=O) groups excluding carboxylic acids is 4. The second-order valence-corrected chi connectivity index (χ2v) is 8.22. The Kier molecular flexibility index (Phi) is 7.68. The van der Waals surface area contributed by atoms with Gasteiger partial charge in [0.15, 0.2) is 0 Å². The van der Waals surface area contributed by atoms with Crippen LogP contribution in [0.4, 0.5) is 5.69 Å². The molecule has 0 bridgehead atoms. The van der Waals surface area contributed by atoms with Crippen LogP contribution in [0.15, 0.2) is 24.3 Å². The van der Waals surface area contributed by atoms with E-state index in [0.717, 1.165) is 12.1 Å². The zero-order valence-electron chi connectivity index (χ0n) is 18.8. The van der Waals surface area contributed by atoms with Gasteiger partial charge in [0, 0.05) is 52.1 Å². The van der Waals surface area contributed by atoms with Crippen LogP contribution in [0.2, 0.25) is 0 Å². The van der Waals surface area contributed by atoms with E-state index in [1.165, 1.54) is 16.9 Å². The van der Waals surface area contributed by atoms with Gasteiger partial charge in [-0.2, -0.15) is 0 Å². The summed E-state index contributed by atoms with van der Waals surface area (Å²) in [6.45, 7) is 1.04. The van der Waals surface area contributed by atoms with E-state index in [9.17, 15) is 19.2 Å². The molecule has 4 amide bonds. The van der Waals surface area contributed by atoms with Crippen molar-refractivity contribution in [2.75, 3.05) is 58.9 Å². The van der Waals surface area contributed by atoms with Crippen LogP contribution in [-0.2, 0) is 19.1 Å². The number of benzene rings is 1. The fourth-order valence-electron chi connectivity index (χ4n) is 3.94. The number of rotatable bonds is 6. The molecular formula is C22H31N5O5. The number of anilines is 1. The molecule has 2 atom stereocenters. The first kappa shape index (κ1) is 23.5. The Balaban J connectivity index is 1.80. The van der Waals surface area contributed by atoms with Crippen molar-refractivity contribution in [2.24, 2.45) is 0 Å². The highest BCUT2D eigenvalue weighted by Gasteiger charge is 2.38. The summed E-state index contributed by atoms with van der Waals surface area (Å²) in [6.07, 6.45) is 1.30. The summed E-state index contributed by atoms with van der Waals surface area (Å²) in [5.41, 5.74) is 1.41. The van der Waals surface area contributed by atoms with E-state index in [1.807, 2.05) is 31.1 Å². The first-order valence-corrected chi connectivity index (χ1v) is 10.7. The van der Waals surface area contributed by atoms with E-state index in [0.29, 0.717) is 25.1 Å². The summed E-state index contributed by atoms with van der Waals surface area (Å²) < 4.78 is 4.93. The smallest absolute Gasteiger partial charge is 0.254 e. The van der Waals surface area contributed by atoms with Gasteiger partial charge in [-0.25, -0.2) is 0 Å². The van der Waals surface area contributed by atoms with Crippen molar-refractivity contribution in [1.29, 1.82) is 0 Å². The number of piperazine rings is 1. The third-order valence-corrected chi connectivity index (χ3v) is 5.80. The van der Waals surface area contributed by atoms with Crippen LogP contribution in [0.25, 0.3) is 0 Å². The third kappa shape index (κ3) is 5.37. The summed E-state index contributed by atoms with van der Waals surface area (Å²) in [5.74, 6) is -1.21. The number of piperidine rings is 1. The average molecular weight is 446 g/mol. The van der Waals surface area contributed by atoms with Crippen LogP contribution < -0.4 is 15.5 Å². The maximum atomic E-state index is 13.3. The van der Waals surface area contributed by atoms with Gasteiger partial charge in [-0.3, -0.25) is 19.2 Å². The number of nitrogens with zero attached hydrogens (tertiary/aromatic N) is 3. The molecule has 1 aromatic rings. The normalized spacial score (nSPS) is 21.0. The van der Waals surface area contributed by atoms with Gasteiger partial charge in [0.25, 0.3) is 5.91 Å². The minimum Gasteiger partial charge on any atom is -0.378 e. The predicted octanol–water partition coefficient (Wildman–Crippen LogP) is -0.553. The Morgan fingerprint density at radius 2 is 1.91 bits per heavy atom. The molecular weight excluding hydrogens is 414 g/mol. The topological polar surface area (TPSA) is 111 Å². The second kappa shape index (κ2) is 10.4. The number of hydrogen-bond donors (Lipinski definition) is 2. The van der Waals surface area contributed by atoms with Crippen LogP contribution in [0.1, 0.15) is 23.2 Å². The van der Waals surface area contributed by atoms with E-state index < -0.39 is 18.0 Å². The SMILES string of the molecule is COCC(=O)N1CCN(C(=O)c2ccc(N(C)C)cc2)[C@H](C(=O)N[C@@H]2CCCNC2=O)C1. The Morgan fingerprint density at radius 3 is 2.53 bits per heavy atom. The minimum atomic E-state index is -0.902. The number of hydrogen-bond acceptors (Lipinski definition) is 6. The molecule has 2 N–H and O–H groups in total. The quantitative estimate of drug-likeness (QED) is 0.608. The lowest BCUT2D eigenvalue weighted by Gasteiger charge is -2.41. The van der Waals surface area contributed by atoms with Crippen LogP contribution in [-0.4, -0.2) is 99.5 Å². The van der Waals surface area contributed by atoms with E-state index in [2.05, 4.69) is 10.6 Å². The van der Waals surface area contributed by atoms with Crippen LogP contribution >= 0.6 is 0 Å². The molecule has 0 saturated carbocycles. The molecule has 2 saturated heterocycles. The van der Waals surface area contributed by atoms with Gasteiger partial charge in [0.1, 0.15) is 18.7 Å². The van der Waals surface area contributed by atoms with Crippen molar-refractivity contribution in [2.45, 2.75) is 24.9 Å². The van der Waals surface area contributed by atoms with E-state index >= 15 is 0 Å². The van der Waals surface area contributed by atoms with Crippen LogP contribution in [0, 0.1) is 0 Å². The number of methoxy groups -OCH3 is 1. The first-order valence-electron chi connectivity index (χ1n) is 10.7. The Bertz CT molecular complexity index is 857. The second-order valence-electron chi connectivity index (χ2n) is 8.22. The molecule has 32 heavy (non-hydrogen) atoms. The molecule has 2 heterocycles. The molecule has 0 unspecified atom stereocenters. The van der Waals surface area contributed by atoms with Crippen molar-refractivity contribution in [3.8, 4) is 0 Å². The Hall–Kier alpha value is -3.14. The van der Waals surface area contributed by atoms with Gasteiger partial charge in [0.05, 0.1) is 6.54 Å². The van der Waals surface area contributed by atoms with Gasteiger partial charge >= 0.3 is 0 Å². The highest BCUT2D eigenvalue weighted by molar-refractivity contribution is 5.99. The number of ether oxygens (including phenoxy) is 1. The van der Waals surface area contributed by atoms with Crippen molar-refractivity contribution in [3.63, 3.8) is 0 Å². The van der Waals surface area contributed by atoms with Crippen LogP contribution in [0.5, 0.6) is 0 Å². The molecule has 1 aromatic carbocycles. The summed E-state index contributed by atoms with van der Waals surface area (Å²) in [4.78, 5) is 55.8. The number of nitrogens with one attached hydrogen (secondary N) is 2. The van der Waals surface area contributed by atoms with E-state index in [-0.39, 0.29) is 37.4 Å². The average Bonchev–Trinajstić information content (AvgIpc) is 2.80. The molecule has 174 valence electrons. The molecule has 0 aromatic heterocycles. The molecule has 2 fully saturated rings. The monoisotopic (exact) mass is 445 g/mol. The largest absolute Gasteiger partial charge is 0.378 e. The highest BCUT2D eigenvalue weighted by atomic mass is 16.5. The molecule has 2 aliphatic heterocycles. The Labute approximate surface area is 187 Å². The van der Waals surface area contributed by atoms with Crippen molar-refractivity contribution in [1.82, 2.24) is 20.4 Å². The molecule has 2 aliphatic rings. The fourth-order valence-corrected chi connectivity index (χ4v) is 3.94. The molecule has 10 heteroatoms. The maximum absolute atomic E-state index is 13.3. The predicted molar refractivity (Wildman–Crippen MR) is 118 cm³/mol. The number of amides is 4. The van der Waals surface area contributed by atoms with E-state index in [4.69, 9.17) is 4.74 Å². The fraction of sp³-hybridized carbons (Fsp3) is 0.545. The lowest BCUT2D eigenvalue weighted by Crippen LogP contribution is -2.63. The van der Waals surface area contributed by atoms with Crippen molar-refractivity contribution >= 4 is 29.3 Å². The third-order valence-electron chi connectivity index (χ3n) is 5.80. The molecule has 10 nitrogen and oxygen atoms in total. The van der Waals surface area contributed by atoms with Gasteiger partial charge < -0.3 is 30.1 Å². The van der Waals surface area contributed by atoms with Gasteiger partial charge in [-0.15, -0.1) is 0 Å². The Morgan fingerprint density at radius 1 is 1.19 bits per heavy atom. The van der Waals surface area contributed by atoms with Crippen LogP contribution in [0.3, 0.4) is 0 Å².